The molecule has 4 aliphatic carbocycles. The maximum Gasteiger partial charge on any atom is 0.534 e. The minimum absolute atomic E-state index is 0.0901. The first-order valence-corrected chi connectivity index (χ1v) is 11.6. The van der Waals surface area contributed by atoms with Crippen molar-refractivity contribution in [2.24, 2.45) is 23.2 Å². The van der Waals surface area contributed by atoms with E-state index in [0.29, 0.717) is 23.1 Å². The van der Waals surface area contributed by atoms with Gasteiger partial charge in [-0.3, -0.25) is 4.79 Å². The lowest BCUT2D eigenvalue weighted by molar-refractivity contribution is -0.0499. The van der Waals surface area contributed by atoms with Crippen LogP contribution in [0.2, 0.25) is 0 Å². The van der Waals surface area contributed by atoms with Gasteiger partial charge < -0.3 is 4.18 Å². The zero-order chi connectivity index (χ0) is 21.3. The number of carbonyl (C=O) groups excluding carboxylic acids is 1. The number of benzene rings is 2. The quantitative estimate of drug-likeness (QED) is 0.361. The average Bonchev–Trinajstić information content (AvgIpc) is 2.65. The maximum absolute atomic E-state index is 13.8. The smallest absolute Gasteiger partial charge is 0.375 e. The largest absolute Gasteiger partial charge is 0.534 e. The Bertz CT molecular complexity index is 1100. The van der Waals surface area contributed by atoms with E-state index in [1.54, 1.807) is 24.3 Å². The Labute approximate surface area is 172 Å². The maximum atomic E-state index is 13.8. The molecule has 8 heteroatoms. The van der Waals surface area contributed by atoms with Crippen molar-refractivity contribution in [1.29, 1.82) is 0 Å². The number of halogens is 3. The fourth-order valence-corrected chi connectivity index (χ4v) is 6.87. The molecule has 0 aromatic heterocycles. The summed E-state index contributed by atoms with van der Waals surface area (Å²) in [5.41, 5.74) is -5.80. The van der Waals surface area contributed by atoms with E-state index < -0.39 is 26.8 Å². The van der Waals surface area contributed by atoms with Crippen LogP contribution in [0.3, 0.4) is 0 Å². The van der Waals surface area contributed by atoms with Gasteiger partial charge in [-0.25, -0.2) is 0 Å². The summed E-state index contributed by atoms with van der Waals surface area (Å²) >= 11 is 0. The zero-order valence-electron chi connectivity index (χ0n) is 16.1. The SMILES string of the molecule is O=C(c1cccc2cccc(OS(=O)(=O)C(F)(F)F)c12)C12CC3CC(CC(C3)C1)C2. The van der Waals surface area contributed by atoms with Crippen molar-refractivity contribution in [3.8, 4) is 5.75 Å². The number of alkyl halides is 3. The normalized spacial score (nSPS) is 30.6. The van der Waals surface area contributed by atoms with Crippen LogP contribution in [-0.2, 0) is 10.1 Å². The predicted molar refractivity (Wildman–Crippen MR) is 104 cm³/mol. The number of hydrogen-bond donors (Lipinski definition) is 0. The van der Waals surface area contributed by atoms with Crippen LogP contribution in [0.4, 0.5) is 13.2 Å². The average molecular weight is 438 g/mol. The molecule has 2 aromatic rings. The molecule has 0 saturated heterocycles. The molecule has 30 heavy (non-hydrogen) atoms. The van der Waals surface area contributed by atoms with Crippen molar-refractivity contribution in [1.82, 2.24) is 0 Å². The molecule has 160 valence electrons. The van der Waals surface area contributed by atoms with E-state index in [1.165, 1.54) is 12.1 Å². The second-order valence-corrected chi connectivity index (χ2v) is 10.7. The molecular weight excluding hydrogens is 417 g/mol. The summed E-state index contributed by atoms with van der Waals surface area (Å²) in [5, 5.41) is 0.606. The molecule has 2 aromatic carbocycles. The van der Waals surface area contributed by atoms with Gasteiger partial charge in [0.15, 0.2) is 11.5 Å². The Morgan fingerprint density at radius 2 is 1.47 bits per heavy atom. The van der Waals surface area contributed by atoms with Crippen LogP contribution in [0.1, 0.15) is 48.9 Å². The van der Waals surface area contributed by atoms with Crippen molar-refractivity contribution in [3.05, 3.63) is 42.0 Å². The minimum Gasteiger partial charge on any atom is -0.375 e. The molecule has 0 heterocycles. The molecule has 4 aliphatic rings. The number of ketones is 1. The summed E-state index contributed by atoms with van der Waals surface area (Å²) < 4.78 is 66.5. The molecule has 4 saturated carbocycles. The molecule has 4 nitrogen and oxygen atoms in total. The summed E-state index contributed by atoms with van der Waals surface area (Å²) in [7, 11) is -5.84. The second-order valence-electron chi connectivity index (χ2n) is 9.17. The fourth-order valence-electron chi connectivity index (χ4n) is 6.41. The minimum atomic E-state index is -5.84. The van der Waals surface area contributed by atoms with E-state index in [1.807, 2.05) is 0 Å². The Morgan fingerprint density at radius 3 is 2.00 bits per heavy atom. The lowest BCUT2D eigenvalue weighted by Gasteiger charge is -2.56. The third kappa shape index (κ3) is 3.02. The highest BCUT2D eigenvalue weighted by Gasteiger charge is 2.55. The van der Waals surface area contributed by atoms with Crippen LogP contribution in [-0.4, -0.2) is 19.7 Å². The van der Waals surface area contributed by atoms with E-state index in [9.17, 15) is 26.4 Å². The fraction of sp³-hybridized carbons (Fsp3) is 0.500. The molecule has 0 N–H and O–H groups in total. The van der Waals surface area contributed by atoms with Crippen LogP contribution in [0.25, 0.3) is 10.8 Å². The Balaban J connectivity index is 1.61. The lowest BCUT2D eigenvalue weighted by Crippen LogP contribution is -2.50. The van der Waals surface area contributed by atoms with Gasteiger partial charge in [0.2, 0.25) is 0 Å². The number of Topliss-reactive ketones (excluding diaryl/α,β-unsaturated/α-hetero) is 1. The molecule has 4 fully saturated rings. The summed E-state index contributed by atoms with van der Waals surface area (Å²) in [4.78, 5) is 13.8. The van der Waals surface area contributed by atoms with E-state index in [4.69, 9.17) is 0 Å². The van der Waals surface area contributed by atoms with Crippen LogP contribution < -0.4 is 4.18 Å². The number of hydrogen-bond acceptors (Lipinski definition) is 4. The van der Waals surface area contributed by atoms with Gasteiger partial charge in [0.05, 0.1) is 0 Å². The van der Waals surface area contributed by atoms with Gasteiger partial charge in [0.25, 0.3) is 0 Å². The van der Waals surface area contributed by atoms with Crippen molar-refractivity contribution >= 4 is 26.7 Å². The van der Waals surface area contributed by atoms with Crippen LogP contribution in [0.5, 0.6) is 5.75 Å². The van der Waals surface area contributed by atoms with Crippen LogP contribution in [0.15, 0.2) is 36.4 Å². The molecule has 0 spiro atoms. The lowest BCUT2D eigenvalue weighted by atomic mass is 9.48. The zero-order valence-corrected chi connectivity index (χ0v) is 16.9. The Kier molecular flexibility index (Phi) is 4.27. The second kappa shape index (κ2) is 6.45. The monoisotopic (exact) mass is 438 g/mol. The Hall–Kier alpha value is -2.09. The highest BCUT2D eigenvalue weighted by atomic mass is 32.2. The molecular formula is C22H21F3O4S. The Morgan fingerprint density at radius 1 is 0.933 bits per heavy atom. The van der Waals surface area contributed by atoms with Gasteiger partial charge in [-0.05, 0) is 67.7 Å². The van der Waals surface area contributed by atoms with Gasteiger partial charge in [0.1, 0.15) is 0 Å². The standard InChI is InChI=1S/C22H21F3O4S/c23-22(24,25)30(27,28)29-18-6-2-4-16-3-1-5-17(19(16)18)20(26)21-10-13-7-14(11-21)9-15(8-13)12-21/h1-6,13-15H,7-12H2. The molecule has 0 radical (unpaired) electrons. The summed E-state index contributed by atoms with van der Waals surface area (Å²) in [6.07, 6.45) is 5.87. The van der Waals surface area contributed by atoms with Crippen molar-refractivity contribution < 1.29 is 30.6 Å². The summed E-state index contributed by atoms with van der Waals surface area (Å²) in [6.45, 7) is 0. The molecule has 0 aliphatic heterocycles. The van der Waals surface area contributed by atoms with Crippen LogP contribution in [0, 0.1) is 23.2 Å². The third-order valence-corrected chi connectivity index (χ3v) is 8.08. The topological polar surface area (TPSA) is 60.4 Å². The van der Waals surface area contributed by atoms with Gasteiger partial charge in [-0.1, -0.05) is 30.3 Å². The summed E-state index contributed by atoms with van der Waals surface area (Å²) in [6, 6.07) is 9.12. The molecule has 0 unspecified atom stereocenters. The number of carbonyl (C=O) groups is 1. The van der Waals surface area contributed by atoms with E-state index >= 15 is 0 Å². The van der Waals surface area contributed by atoms with Crippen molar-refractivity contribution in [2.45, 2.75) is 44.0 Å². The van der Waals surface area contributed by atoms with Crippen molar-refractivity contribution in [2.75, 3.05) is 0 Å². The molecule has 4 bridgehead atoms. The van der Waals surface area contributed by atoms with E-state index in [0.717, 1.165) is 38.5 Å². The highest BCUT2D eigenvalue weighted by Crippen LogP contribution is 2.61. The van der Waals surface area contributed by atoms with Gasteiger partial charge >= 0.3 is 15.6 Å². The predicted octanol–water partition coefficient (Wildman–Crippen LogP) is 5.47. The highest BCUT2D eigenvalue weighted by molar-refractivity contribution is 7.88. The van der Waals surface area contributed by atoms with E-state index in [2.05, 4.69) is 4.18 Å². The number of rotatable bonds is 4. The summed E-state index contributed by atoms with van der Waals surface area (Å²) in [5.74, 6) is 1.02. The molecule has 0 amide bonds. The van der Waals surface area contributed by atoms with Crippen LogP contribution >= 0.6 is 0 Å². The number of fused-ring (bicyclic) bond motifs is 1. The van der Waals surface area contributed by atoms with Gasteiger partial charge in [-0.2, -0.15) is 21.6 Å². The van der Waals surface area contributed by atoms with E-state index in [-0.39, 0.29) is 16.7 Å². The third-order valence-electron chi connectivity index (χ3n) is 7.11. The first-order valence-electron chi connectivity index (χ1n) is 10.2. The molecule has 0 atom stereocenters. The first-order chi connectivity index (χ1) is 14.1. The molecule has 6 rings (SSSR count). The van der Waals surface area contributed by atoms with Crippen molar-refractivity contribution in [3.63, 3.8) is 0 Å². The first kappa shape index (κ1) is 19.8. The van der Waals surface area contributed by atoms with Gasteiger partial charge in [-0.15, -0.1) is 0 Å². The van der Waals surface area contributed by atoms with Gasteiger partial charge in [0, 0.05) is 16.4 Å².